The number of carbonyl (C=O) groups excluding carboxylic acids is 1. The average molecular weight is 451 g/mol. The zero-order valence-electron chi connectivity index (χ0n) is 19.2. The van der Waals surface area contributed by atoms with Crippen molar-refractivity contribution < 1.29 is 13.2 Å². The first-order chi connectivity index (χ1) is 14.9. The lowest BCUT2D eigenvalue weighted by atomic mass is 9.94. The molecule has 0 aliphatic rings. The Kier molecular flexibility index (Phi) is 6.74. The number of hydrogen-bond acceptors (Lipinski definition) is 3. The first kappa shape index (κ1) is 23.5. The highest BCUT2D eigenvalue weighted by atomic mass is 32.2. The summed E-state index contributed by atoms with van der Waals surface area (Å²) in [6.07, 6.45) is 0.658. The molecule has 32 heavy (non-hydrogen) atoms. The Morgan fingerprint density at radius 3 is 2.12 bits per heavy atom. The van der Waals surface area contributed by atoms with E-state index in [1.165, 1.54) is 6.07 Å². The molecule has 3 rings (SSSR count). The molecule has 3 aromatic carbocycles. The van der Waals surface area contributed by atoms with Gasteiger partial charge in [-0.25, -0.2) is 8.42 Å². The Morgan fingerprint density at radius 1 is 0.875 bits per heavy atom. The molecule has 0 saturated heterocycles. The summed E-state index contributed by atoms with van der Waals surface area (Å²) in [6, 6.07) is 20.2. The van der Waals surface area contributed by atoms with Crippen LogP contribution in [0.3, 0.4) is 0 Å². The molecule has 0 bridgehead atoms. The standard InChI is InChI=1S/C26H30N2O3S/c1-18-13-19(2)15-23(14-18)28-32(30,31)24-16-22(12-11-20(24)3)25(29)27-26(4,5)17-21-9-7-6-8-10-21/h6-16,28H,17H2,1-5H3,(H,27,29). The van der Waals surface area contributed by atoms with E-state index in [1.54, 1.807) is 31.2 Å². The third-order valence-electron chi connectivity index (χ3n) is 5.15. The quantitative estimate of drug-likeness (QED) is 0.522. The van der Waals surface area contributed by atoms with Crippen LogP contribution in [-0.4, -0.2) is 19.9 Å². The van der Waals surface area contributed by atoms with Crippen molar-refractivity contribution in [3.63, 3.8) is 0 Å². The Hall–Kier alpha value is -3.12. The summed E-state index contributed by atoms with van der Waals surface area (Å²) in [4.78, 5) is 13.1. The van der Waals surface area contributed by atoms with Crippen molar-refractivity contribution in [1.82, 2.24) is 5.32 Å². The minimum atomic E-state index is -3.86. The van der Waals surface area contributed by atoms with Crippen LogP contribution in [0.4, 0.5) is 5.69 Å². The summed E-state index contributed by atoms with van der Waals surface area (Å²) in [6.45, 7) is 9.45. The zero-order chi connectivity index (χ0) is 23.5. The highest BCUT2D eigenvalue weighted by molar-refractivity contribution is 7.92. The first-order valence-electron chi connectivity index (χ1n) is 10.5. The summed E-state index contributed by atoms with van der Waals surface area (Å²) in [7, 11) is -3.86. The lowest BCUT2D eigenvalue weighted by Gasteiger charge is -2.26. The number of carbonyl (C=O) groups is 1. The molecule has 0 aliphatic heterocycles. The van der Waals surface area contributed by atoms with Crippen LogP contribution in [-0.2, 0) is 16.4 Å². The summed E-state index contributed by atoms with van der Waals surface area (Å²) < 4.78 is 28.9. The maximum atomic E-state index is 13.1. The van der Waals surface area contributed by atoms with Gasteiger partial charge < -0.3 is 5.32 Å². The molecule has 0 atom stereocenters. The van der Waals surface area contributed by atoms with Gasteiger partial charge in [0.2, 0.25) is 0 Å². The van der Waals surface area contributed by atoms with Gasteiger partial charge in [-0.3, -0.25) is 9.52 Å². The first-order valence-corrected chi connectivity index (χ1v) is 12.0. The molecule has 168 valence electrons. The Morgan fingerprint density at radius 2 is 1.50 bits per heavy atom. The van der Waals surface area contributed by atoms with Crippen molar-refractivity contribution in [3.8, 4) is 0 Å². The number of nitrogens with one attached hydrogen (secondary N) is 2. The van der Waals surface area contributed by atoms with E-state index in [9.17, 15) is 13.2 Å². The van der Waals surface area contributed by atoms with E-state index in [0.717, 1.165) is 16.7 Å². The Bertz CT molecular complexity index is 1210. The summed E-state index contributed by atoms with van der Waals surface area (Å²) in [5.41, 5.74) is 3.92. The van der Waals surface area contributed by atoms with Crippen LogP contribution in [0.15, 0.2) is 71.6 Å². The molecule has 1 amide bonds. The fourth-order valence-electron chi connectivity index (χ4n) is 3.80. The molecular weight excluding hydrogens is 420 g/mol. The molecule has 6 heteroatoms. The van der Waals surface area contributed by atoms with Gasteiger partial charge in [-0.1, -0.05) is 42.5 Å². The van der Waals surface area contributed by atoms with E-state index in [-0.39, 0.29) is 10.8 Å². The van der Waals surface area contributed by atoms with Crippen LogP contribution in [0.5, 0.6) is 0 Å². The van der Waals surface area contributed by atoms with Crippen LogP contribution in [0.25, 0.3) is 0 Å². The molecule has 0 aromatic heterocycles. The van der Waals surface area contributed by atoms with Gasteiger partial charge in [0.25, 0.3) is 15.9 Å². The van der Waals surface area contributed by atoms with Crippen molar-refractivity contribution in [1.29, 1.82) is 0 Å². The molecule has 3 aromatic rings. The number of hydrogen-bond donors (Lipinski definition) is 2. The van der Waals surface area contributed by atoms with Crippen LogP contribution in [0, 0.1) is 20.8 Å². The van der Waals surface area contributed by atoms with Crippen molar-refractivity contribution in [2.45, 2.75) is 51.5 Å². The van der Waals surface area contributed by atoms with E-state index < -0.39 is 15.6 Å². The van der Waals surface area contributed by atoms with Gasteiger partial charge in [-0.05, 0) is 87.6 Å². The predicted molar refractivity (Wildman–Crippen MR) is 130 cm³/mol. The minimum Gasteiger partial charge on any atom is -0.347 e. The van der Waals surface area contributed by atoms with E-state index in [1.807, 2.05) is 64.1 Å². The SMILES string of the molecule is Cc1cc(C)cc(NS(=O)(=O)c2cc(C(=O)NC(C)(C)Cc3ccccc3)ccc2C)c1. The molecule has 0 radical (unpaired) electrons. The summed E-state index contributed by atoms with van der Waals surface area (Å²) in [5.74, 6) is -0.311. The van der Waals surface area contributed by atoms with Crippen molar-refractivity contribution in [2.75, 3.05) is 4.72 Å². The van der Waals surface area contributed by atoms with E-state index in [0.29, 0.717) is 23.2 Å². The van der Waals surface area contributed by atoms with Gasteiger partial charge in [-0.2, -0.15) is 0 Å². The van der Waals surface area contributed by atoms with Crippen LogP contribution in [0.2, 0.25) is 0 Å². The highest BCUT2D eigenvalue weighted by Gasteiger charge is 2.24. The molecule has 0 spiro atoms. The Balaban J connectivity index is 1.83. The molecule has 0 unspecified atom stereocenters. The average Bonchev–Trinajstić information content (AvgIpc) is 2.66. The molecule has 5 nitrogen and oxygen atoms in total. The van der Waals surface area contributed by atoms with Crippen molar-refractivity contribution >= 4 is 21.6 Å². The van der Waals surface area contributed by atoms with E-state index in [4.69, 9.17) is 0 Å². The largest absolute Gasteiger partial charge is 0.347 e. The number of benzene rings is 3. The number of sulfonamides is 1. The molecule has 0 aliphatic carbocycles. The highest BCUT2D eigenvalue weighted by Crippen LogP contribution is 2.23. The smallest absolute Gasteiger partial charge is 0.262 e. The van der Waals surface area contributed by atoms with Gasteiger partial charge in [0.15, 0.2) is 0 Å². The second-order valence-corrected chi connectivity index (χ2v) is 10.6. The van der Waals surface area contributed by atoms with E-state index in [2.05, 4.69) is 10.0 Å². The number of anilines is 1. The van der Waals surface area contributed by atoms with Gasteiger partial charge in [0, 0.05) is 16.8 Å². The molecule has 0 fully saturated rings. The Labute approximate surface area is 190 Å². The fraction of sp³-hybridized carbons (Fsp3) is 0.269. The van der Waals surface area contributed by atoms with E-state index >= 15 is 0 Å². The molecule has 0 saturated carbocycles. The molecule has 2 N–H and O–H groups in total. The van der Waals surface area contributed by atoms with Crippen LogP contribution in [0.1, 0.15) is 46.5 Å². The maximum absolute atomic E-state index is 13.1. The monoisotopic (exact) mass is 450 g/mol. The van der Waals surface area contributed by atoms with Crippen molar-refractivity contribution in [2.24, 2.45) is 0 Å². The summed E-state index contributed by atoms with van der Waals surface area (Å²) >= 11 is 0. The predicted octanol–water partition coefficient (Wildman–Crippen LogP) is 5.16. The fourth-order valence-corrected chi connectivity index (χ4v) is 5.12. The third kappa shape index (κ3) is 5.98. The normalized spacial score (nSPS) is 11.8. The number of rotatable bonds is 7. The van der Waals surface area contributed by atoms with Gasteiger partial charge in [0.05, 0.1) is 4.90 Å². The zero-order valence-corrected chi connectivity index (χ0v) is 20.0. The van der Waals surface area contributed by atoms with Crippen molar-refractivity contribution in [3.05, 3.63) is 94.5 Å². The third-order valence-corrected chi connectivity index (χ3v) is 6.68. The summed E-state index contributed by atoms with van der Waals surface area (Å²) in [5, 5.41) is 3.03. The minimum absolute atomic E-state index is 0.0881. The maximum Gasteiger partial charge on any atom is 0.262 e. The second kappa shape index (κ2) is 9.17. The van der Waals surface area contributed by atoms with Crippen LogP contribution >= 0.6 is 0 Å². The number of amides is 1. The molecular formula is C26H30N2O3S. The van der Waals surface area contributed by atoms with Gasteiger partial charge in [0.1, 0.15) is 0 Å². The van der Waals surface area contributed by atoms with Gasteiger partial charge in [-0.15, -0.1) is 0 Å². The lowest BCUT2D eigenvalue weighted by molar-refractivity contribution is 0.0913. The van der Waals surface area contributed by atoms with Crippen LogP contribution < -0.4 is 10.0 Å². The lowest BCUT2D eigenvalue weighted by Crippen LogP contribution is -2.45. The second-order valence-electron chi connectivity index (χ2n) is 8.96. The topological polar surface area (TPSA) is 75.3 Å². The number of aryl methyl sites for hydroxylation is 3. The molecule has 0 heterocycles. The van der Waals surface area contributed by atoms with Gasteiger partial charge >= 0.3 is 0 Å².